The van der Waals surface area contributed by atoms with E-state index in [2.05, 4.69) is 57.7 Å². The van der Waals surface area contributed by atoms with Crippen molar-refractivity contribution in [2.75, 3.05) is 7.05 Å². The molecule has 0 saturated heterocycles. The zero-order valence-electron chi connectivity index (χ0n) is 15.0. The molecule has 1 atom stereocenters. The number of carbonyl (C=O) groups is 1. The minimum absolute atomic E-state index is 0.0762. The van der Waals surface area contributed by atoms with Gasteiger partial charge in [0.05, 0.1) is 5.54 Å². The van der Waals surface area contributed by atoms with E-state index in [0.29, 0.717) is 6.42 Å². The van der Waals surface area contributed by atoms with Gasteiger partial charge in [0.15, 0.2) is 0 Å². The second kappa shape index (κ2) is 5.62. The van der Waals surface area contributed by atoms with Crippen LogP contribution < -0.4 is 0 Å². The number of nitrogens with zero attached hydrogens (tertiary/aromatic N) is 1. The lowest BCUT2D eigenvalue weighted by Crippen LogP contribution is -2.41. The molecule has 1 aliphatic heterocycles. The summed E-state index contributed by atoms with van der Waals surface area (Å²) < 4.78 is 0. The van der Waals surface area contributed by atoms with Crippen LogP contribution in [-0.4, -0.2) is 17.9 Å². The molecule has 24 heavy (non-hydrogen) atoms. The number of amides is 1. The van der Waals surface area contributed by atoms with E-state index in [1.807, 2.05) is 36.2 Å². The lowest BCUT2D eigenvalue weighted by atomic mass is 9.78. The zero-order chi connectivity index (χ0) is 17.5. The Kier molecular flexibility index (Phi) is 3.87. The molecule has 2 nitrogen and oxygen atoms in total. The normalized spacial score (nSPS) is 20.2. The first-order chi connectivity index (χ1) is 11.3. The Morgan fingerprint density at radius 2 is 1.71 bits per heavy atom. The van der Waals surface area contributed by atoms with Gasteiger partial charge in [-0.25, -0.2) is 0 Å². The summed E-state index contributed by atoms with van der Waals surface area (Å²) in [5.41, 5.74) is 3.93. The Labute approximate surface area is 144 Å². The number of rotatable bonds is 3. The van der Waals surface area contributed by atoms with Crippen LogP contribution in [0, 0.1) is 0 Å². The first-order valence-corrected chi connectivity index (χ1v) is 8.42. The van der Waals surface area contributed by atoms with Crippen LogP contribution in [0.1, 0.15) is 54.2 Å². The van der Waals surface area contributed by atoms with Gasteiger partial charge in [-0.1, -0.05) is 69.3 Å². The van der Waals surface area contributed by atoms with Gasteiger partial charge in [-0.15, -0.1) is 6.58 Å². The lowest BCUT2D eigenvalue weighted by Gasteiger charge is -2.37. The van der Waals surface area contributed by atoms with Crippen LogP contribution in [0.15, 0.2) is 61.2 Å². The predicted octanol–water partition coefficient (Wildman–Crippen LogP) is 4.89. The van der Waals surface area contributed by atoms with Crippen LogP contribution in [0.25, 0.3) is 0 Å². The number of hydrogen-bond donors (Lipinski definition) is 0. The van der Waals surface area contributed by atoms with E-state index in [1.165, 1.54) is 5.56 Å². The second-order valence-corrected chi connectivity index (χ2v) is 7.59. The maximum Gasteiger partial charge on any atom is 0.254 e. The highest BCUT2D eigenvalue weighted by Gasteiger charge is 2.47. The molecule has 1 heterocycles. The molecule has 2 aromatic rings. The summed E-state index contributed by atoms with van der Waals surface area (Å²) >= 11 is 0. The van der Waals surface area contributed by atoms with Crippen molar-refractivity contribution in [3.63, 3.8) is 0 Å². The SMILES string of the molecule is C=CCC1(c2ccc(C(C)(C)C)cc2)c2ccccc2C(=O)N1C. The molecular weight excluding hydrogens is 294 g/mol. The fourth-order valence-electron chi connectivity index (χ4n) is 3.73. The van der Waals surface area contributed by atoms with Gasteiger partial charge in [0.1, 0.15) is 0 Å². The molecule has 3 rings (SSSR count). The van der Waals surface area contributed by atoms with Crippen molar-refractivity contribution in [2.45, 2.75) is 38.1 Å². The minimum atomic E-state index is -0.466. The average molecular weight is 319 g/mol. The summed E-state index contributed by atoms with van der Waals surface area (Å²) in [6, 6.07) is 16.6. The maximum absolute atomic E-state index is 12.8. The Morgan fingerprint density at radius 1 is 1.08 bits per heavy atom. The average Bonchev–Trinajstić information content (AvgIpc) is 2.78. The lowest BCUT2D eigenvalue weighted by molar-refractivity contribution is 0.0697. The van der Waals surface area contributed by atoms with E-state index < -0.39 is 5.54 Å². The summed E-state index contributed by atoms with van der Waals surface area (Å²) in [5, 5.41) is 0. The molecule has 0 aliphatic carbocycles. The summed E-state index contributed by atoms with van der Waals surface area (Å²) in [6.45, 7) is 10.6. The van der Waals surface area contributed by atoms with Crippen LogP contribution in [0.3, 0.4) is 0 Å². The highest BCUT2D eigenvalue weighted by Crippen LogP contribution is 2.46. The Bertz CT molecular complexity index is 782. The molecule has 0 N–H and O–H groups in total. The minimum Gasteiger partial charge on any atom is -0.327 e. The number of hydrogen-bond acceptors (Lipinski definition) is 1. The third-order valence-electron chi connectivity index (χ3n) is 5.15. The van der Waals surface area contributed by atoms with E-state index >= 15 is 0 Å². The molecule has 2 heteroatoms. The van der Waals surface area contributed by atoms with Crippen LogP contribution in [0.4, 0.5) is 0 Å². The quantitative estimate of drug-likeness (QED) is 0.738. The summed E-state index contributed by atoms with van der Waals surface area (Å²) in [4.78, 5) is 14.6. The highest BCUT2D eigenvalue weighted by atomic mass is 16.2. The Morgan fingerprint density at radius 3 is 2.29 bits per heavy atom. The van der Waals surface area contributed by atoms with Gasteiger partial charge < -0.3 is 4.90 Å². The van der Waals surface area contributed by atoms with E-state index in [0.717, 1.165) is 16.7 Å². The predicted molar refractivity (Wildman–Crippen MR) is 99.3 cm³/mol. The molecule has 1 amide bonds. The fourth-order valence-corrected chi connectivity index (χ4v) is 3.73. The molecular formula is C22H25NO. The van der Waals surface area contributed by atoms with Crippen molar-refractivity contribution < 1.29 is 4.79 Å². The first kappa shape index (κ1) is 16.5. The number of fused-ring (bicyclic) bond motifs is 1. The molecule has 1 unspecified atom stereocenters. The van der Waals surface area contributed by atoms with Gasteiger partial charge >= 0.3 is 0 Å². The summed E-state index contributed by atoms with van der Waals surface area (Å²) in [5.74, 6) is 0.0762. The molecule has 1 aliphatic rings. The van der Waals surface area contributed by atoms with E-state index in [1.54, 1.807) is 0 Å². The molecule has 2 aromatic carbocycles. The van der Waals surface area contributed by atoms with Gasteiger partial charge in [-0.3, -0.25) is 4.79 Å². The fraction of sp³-hybridized carbons (Fsp3) is 0.318. The van der Waals surface area contributed by atoms with E-state index in [-0.39, 0.29) is 11.3 Å². The Balaban J connectivity index is 2.20. The largest absolute Gasteiger partial charge is 0.327 e. The third-order valence-corrected chi connectivity index (χ3v) is 5.15. The van der Waals surface area contributed by atoms with Crippen LogP contribution in [-0.2, 0) is 11.0 Å². The van der Waals surface area contributed by atoms with Crippen molar-refractivity contribution in [3.8, 4) is 0 Å². The van der Waals surface area contributed by atoms with E-state index in [4.69, 9.17) is 0 Å². The van der Waals surface area contributed by atoms with Gasteiger partial charge in [0.25, 0.3) is 5.91 Å². The smallest absolute Gasteiger partial charge is 0.254 e. The van der Waals surface area contributed by atoms with Gasteiger partial charge in [-0.2, -0.15) is 0 Å². The highest BCUT2D eigenvalue weighted by molar-refractivity contribution is 6.00. The molecule has 0 radical (unpaired) electrons. The summed E-state index contributed by atoms with van der Waals surface area (Å²) in [6.07, 6.45) is 2.60. The van der Waals surface area contributed by atoms with Crippen molar-refractivity contribution in [2.24, 2.45) is 0 Å². The second-order valence-electron chi connectivity index (χ2n) is 7.59. The van der Waals surface area contributed by atoms with Crippen molar-refractivity contribution in [1.29, 1.82) is 0 Å². The maximum atomic E-state index is 12.8. The van der Waals surface area contributed by atoms with Crippen molar-refractivity contribution in [3.05, 3.63) is 83.4 Å². The van der Waals surface area contributed by atoms with Gasteiger partial charge in [0.2, 0.25) is 0 Å². The number of benzene rings is 2. The van der Waals surface area contributed by atoms with Gasteiger partial charge in [-0.05, 0) is 34.6 Å². The molecule has 0 bridgehead atoms. The van der Waals surface area contributed by atoms with Crippen molar-refractivity contribution in [1.82, 2.24) is 4.90 Å². The van der Waals surface area contributed by atoms with Crippen LogP contribution in [0.5, 0.6) is 0 Å². The molecule has 0 saturated carbocycles. The molecule has 0 fully saturated rings. The Hall–Kier alpha value is -2.35. The zero-order valence-corrected chi connectivity index (χ0v) is 15.0. The molecule has 124 valence electrons. The number of carbonyl (C=O) groups excluding carboxylic acids is 1. The standard InChI is InChI=1S/C22H25NO/c1-6-15-22(17-13-11-16(12-14-17)21(2,3)4)19-10-8-7-9-18(19)20(24)23(22)5/h6-14H,1,15H2,2-5H3. The van der Waals surface area contributed by atoms with Crippen LogP contribution in [0.2, 0.25) is 0 Å². The topological polar surface area (TPSA) is 20.3 Å². The third kappa shape index (κ3) is 2.29. The van der Waals surface area contributed by atoms with E-state index in [9.17, 15) is 4.79 Å². The monoisotopic (exact) mass is 319 g/mol. The van der Waals surface area contributed by atoms with Gasteiger partial charge in [0, 0.05) is 12.6 Å². The van der Waals surface area contributed by atoms with Crippen molar-refractivity contribution >= 4 is 5.91 Å². The first-order valence-electron chi connectivity index (χ1n) is 8.42. The molecule has 0 spiro atoms. The summed E-state index contributed by atoms with van der Waals surface area (Å²) in [7, 11) is 1.89. The molecule has 0 aromatic heterocycles. The van der Waals surface area contributed by atoms with Crippen LogP contribution >= 0.6 is 0 Å².